The zero-order valence-electron chi connectivity index (χ0n) is 12.3. The normalized spacial score (nSPS) is 11.8. The van der Waals surface area contributed by atoms with Crippen LogP contribution in [0.4, 0.5) is 4.79 Å². The van der Waals surface area contributed by atoms with Crippen LogP contribution in [-0.4, -0.2) is 42.1 Å². The molecule has 0 spiro atoms. The Bertz CT molecular complexity index is 448. The molecule has 1 rings (SSSR count). The number of amides is 2. The average molecular weight is 279 g/mol. The Morgan fingerprint density at radius 2 is 2.10 bits per heavy atom. The van der Waals surface area contributed by atoms with E-state index < -0.39 is 12.0 Å². The van der Waals surface area contributed by atoms with E-state index in [1.54, 1.807) is 13.2 Å². The largest absolute Gasteiger partial charge is 0.467 e. The molecule has 0 aliphatic rings. The summed E-state index contributed by atoms with van der Waals surface area (Å²) in [5.41, 5.74) is 0.782. The maximum absolute atomic E-state index is 12.1. The Labute approximate surface area is 119 Å². The van der Waals surface area contributed by atoms with Gasteiger partial charge in [-0.25, -0.2) is 9.59 Å². The molecule has 1 atom stereocenters. The van der Waals surface area contributed by atoms with Gasteiger partial charge < -0.3 is 15.0 Å². The van der Waals surface area contributed by atoms with E-state index in [2.05, 4.69) is 15.0 Å². The highest BCUT2D eigenvalue weighted by molar-refractivity contribution is 5.83. The van der Waals surface area contributed by atoms with E-state index in [0.29, 0.717) is 6.54 Å². The molecule has 6 heteroatoms. The fourth-order valence-corrected chi connectivity index (χ4v) is 1.67. The van der Waals surface area contributed by atoms with Gasteiger partial charge in [0.15, 0.2) is 0 Å². The minimum Gasteiger partial charge on any atom is -0.467 e. The monoisotopic (exact) mass is 279 g/mol. The van der Waals surface area contributed by atoms with Gasteiger partial charge in [-0.2, -0.15) is 0 Å². The predicted octanol–water partition coefficient (Wildman–Crippen LogP) is 1.42. The van der Waals surface area contributed by atoms with Gasteiger partial charge in [-0.05, 0) is 18.1 Å². The molecule has 6 nitrogen and oxygen atoms in total. The molecule has 0 unspecified atom stereocenters. The van der Waals surface area contributed by atoms with Crippen molar-refractivity contribution >= 4 is 12.0 Å². The molecule has 1 N–H and O–H groups in total. The van der Waals surface area contributed by atoms with Crippen molar-refractivity contribution < 1.29 is 14.3 Å². The second-order valence-electron chi connectivity index (χ2n) is 4.87. The van der Waals surface area contributed by atoms with Crippen LogP contribution in [-0.2, 0) is 16.1 Å². The first-order valence-electron chi connectivity index (χ1n) is 6.45. The molecule has 1 aromatic rings. The highest BCUT2D eigenvalue weighted by atomic mass is 16.5. The van der Waals surface area contributed by atoms with E-state index >= 15 is 0 Å². The number of hydrogen-bond donors (Lipinski definition) is 1. The lowest BCUT2D eigenvalue weighted by atomic mass is 10.1. The molecule has 0 fully saturated rings. The van der Waals surface area contributed by atoms with Crippen molar-refractivity contribution in [3.8, 4) is 0 Å². The van der Waals surface area contributed by atoms with Crippen LogP contribution in [0.3, 0.4) is 0 Å². The molecule has 1 aromatic heterocycles. The fraction of sp³-hybridized carbons (Fsp3) is 0.500. The molecule has 2 amide bonds. The Hall–Kier alpha value is -2.11. The van der Waals surface area contributed by atoms with Crippen molar-refractivity contribution in [2.24, 2.45) is 5.92 Å². The number of urea groups is 1. The van der Waals surface area contributed by atoms with Gasteiger partial charge in [0.25, 0.3) is 0 Å². The van der Waals surface area contributed by atoms with Crippen LogP contribution in [0.5, 0.6) is 0 Å². The number of rotatable bonds is 5. The Kier molecular flexibility index (Phi) is 5.96. The molecular formula is C14H21N3O3. The molecule has 0 bridgehead atoms. The van der Waals surface area contributed by atoms with Crippen LogP contribution >= 0.6 is 0 Å². The number of pyridine rings is 1. The number of nitrogens with zero attached hydrogens (tertiary/aromatic N) is 2. The number of carbonyl (C=O) groups is 2. The number of carbonyl (C=O) groups excluding carboxylic acids is 2. The summed E-state index contributed by atoms with van der Waals surface area (Å²) in [6.45, 7) is 4.07. The molecule has 0 aliphatic heterocycles. The van der Waals surface area contributed by atoms with Crippen molar-refractivity contribution in [2.75, 3.05) is 14.2 Å². The van der Waals surface area contributed by atoms with Crippen LogP contribution in [0, 0.1) is 5.92 Å². The minimum absolute atomic E-state index is 0.0466. The molecule has 0 radical (unpaired) electrons. The summed E-state index contributed by atoms with van der Waals surface area (Å²) >= 11 is 0. The van der Waals surface area contributed by atoms with E-state index in [1.807, 2.05) is 32.0 Å². The summed E-state index contributed by atoms with van der Waals surface area (Å²) in [5.74, 6) is -0.491. The van der Waals surface area contributed by atoms with E-state index in [9.17, 15) is 9.59 Å². The third-order valence-corrected chi connectivity index (χ3v) is 2.87. The summed E-state index contributed by atoms with van der Waals surface area (Å²) in [5, 5.41) is 2.67. The van der Waals surface area contributed by atoms with Gasteiger partial charge in [-0.3, -0.25) is 4.98 Å². The smallest absolute Gasteiger partial charge is 0.328 e. The number of hydrogen-bond acceptors (Lipinski definition) is 4. The first-order chi connectivity index (χ1) is 9.45. The van der Waals surface area contributed by atoms with Gasteiger partial charge >= 0.3 is 12.0 Å². The third-order valence-electron chi connectivity index (χ3n) is 2.87. The van der Waals surface area contributed by atoms with Crippen molar-refractivity contribution in [2.45, 2.75) is 26.4 Å². The average Bonchev–Trinajstić information content (AvgIpc) is 2.44. The van der Waals surface area contributed by atoms with Crippen molar-refractivity contribution in [3.63, 3.8) is 0 Å². The summed E-state index contributed by atoms with van der Waals surface area (Å²) in [4.78, 5) is 29.3. The lowest BCUT2D eigenvalue weighted by Gasteiger charge is -2.24. The SMILES string of the molecule is COC(=O)[C@@H](NC(=O)N(C)Cc1ccccn1)C(C)C. The standard InChI is InChI=1S/C14H21N3O3/c1-10(2)12(13(18)20-4)16-14(19)17(3)9-11-7-5-6-8-15-11/h5-8,10,12H,9H2,1-4H3,(H,16,19)/t12-/m0/s1. The van der Waals surface area contributed by atoms with Gasteiger partial charge in [-0.15, -0.1) is 0 Å². The summed E-state index contributed by atoms with van der Waals surface area (Å²) in [7, 11) is 2.96. The first kappa shape index (κ1) is 15.9. The topological polar surface area (TPSA) is 71.5 Å². The van der Waals surface area contributed by atoms with E-state index in [-0.39, 0.29) is 11.9 Å². The van der Waals surface area contributed by atoms with Crippen LogP contribution in [0.15, 0.2) is 24.4 Å². The highest BCUT2D eigenvalue weighted by Crippen LogP contribution is 2.05. The molecule has 20 heavy (non-hydrogen) atoms. The van der Waals surface area contributed by atoms with Crippen LogP contribution in [0.1, 0.15) is 19.5 Å². The van der Waals surface area contributed by atoms with Gasteiger partial charge in [-0.1, -0.05) is 19.9 Å². The van der Waals surface area contributed by atoms with Crippen molar-refractivity contribution in [1.82, 2.24) is 15.2 Å². The number of ether oxygens (including phenoxy) is 1. The van der Waals surface area contributed by atoms with Gasteiger partial charge in [0.05, 0.1) is 19.3 Å². The van der Waals surface area contributed by atoms with E-state index in [4.69, 9.17) is 0 Å². The fourth-order valence-electron chi connectivity index (χ4n) is 1.67. The zero-order valence-corrected chi connectivity index (χ0v) is 12.3. The molecule has 110 valence electrons. The number of aromatic nitrogens is 1. The quantitative estimate of drug-likeness (QED) is 0.827. The van der Waals surface area contributed by atoms with Crippen LogP contribution in [0.2, 0.25) is 0 Å². The number of nitrogens with one attached hydrogen (secondary N) is 1. The minimum atomic E-state index is -0.654. The van der Waals surface area contributed by atoms with E-state index in [0.717, 1.165) is 5.69 Å². The Balaban J connectivity index is 2.62. The van der Waals surface area contributed by atoms with Crippen LogP contribution < -0.4 is 5.32 Å². The maximum Gasteiger partial charge on any atom is 0.328 e. The molecule has 0 aliphatic carbocycles. The molecule has 0 saturated carbocycles. The lowest BCUT2D eigenvalue weighted by molar-refractivity contribution is -0.144. The Morgan fingerprint density at radius 3 is 2.60 bits per heavy atom. The maximum atomic E-state index is 12.1. The highest BCUT2D eigenvalue weighted by Gasteiger charge is 2.26. The summed E-state index contributed by atoms with van der Waals surface area (Å²) in [6, 6.07) is 4.53. The van der Waals surface area contributed by atoms with Gasteiger partial charge in [0.1, 0.15) is 6.04 Å². The molecular weight excluding hydrogens is 258 g/mol. The van der Waals surface area contributed by atoms with Crippen molar-refractivity contribution in [3.05, 3.63) is 30.1 Å². The summed E-state index contributed by atoms with van der Waals surface area (Å²) in [6.07, 6.45) is 1.67. The molecule has 1 heterocycles. The third kappa shape index (κ3) is 4.53. The lowest BCUT2D eigenvalue weighted by Crippen LogP contribution is -2.49. The van der Waals surface area contributed by atoms with Gasteiger partial charge in [0, 0.05) is 13.2 Å². The zero-order chi connectivity index (χ0) is 15.1. The van der Waals surface area contributed by atoms with E-state index in [1.165, 1.54) is 12.0 Å². The molecule has 0 aromatic carbocycles. The first-order valence-corrected chi connectivity index (χ1v) is 6.45. The number of esters is 1. The molecule has 0 saturated heterocycles. The van der Waals surface area contributed by atoms with Gasteiger partial charge in [0.2, 0.25) is 0 Å². The summed E-state index contributed by atoms with van der Waals surface area (Å²) < 4.78 is 4.69. The second kappa shape index (κ2) is 7.47. The second-order valence-corrected chi connectivity index (χ2v) is 4.87. The van der Waals surface area contributed by atoms with Crippen LogP contribution in [0.25, 0.3) is 0 Å². The van der Waals surface area contributed by atoms with Crippen molar-refractivity contribution in [1.29, 1.82) is 0 Å². The predicted molar refractivity (Wildman–Crippen MR) is 74.9 cm³/mol. The Morgan fingerprint density at radius 1 is 1.40 bits per heavy atom. The number of methoxy groups -OCH3 is 1.